The first-order valence-electron chi connectivity index (χ1n) is 8.74. The number of hydrogen-bond acceptors (Lipinski definition) is 4. The molecular weight excluding hydrogens is 320 g/mol. The van der Waals surface area contributed by atoms with Gasteiger partial charge in [0.15, 0.2) is 0 Å². The van der Waals surface area contributed by atoms with Crippen molar-refractivity contribution in [3.05, 3.63) is 29.8 Å². The summed E-state index contributed by atoms with van der Waals surface area (Å²) in [5, 5.41) is 5.67. The number of methoxy groups -OCH3 is 1. The Hall–Kier alpha value is -2.08. The molecule has 0 bridgehead atoms. The van der Waals surface area contributed by atoms with E-state index in [4.69, 9.17) is 9.47 Å². The molecule has 1 aliphatic heterocycles. The molecule has 0 aromatic heterocycles. The van der Waals surface area contributed by atoms with Crippen LogP contribution in [-0.4, -0.2) is 44.7 Å². The second-order valence-electron chi connectivity index (χ2n) is 6.82. The average Bonchev–Trinajstić information content (AvgIpc) is 3.13. The molecular formula is C19H28N2O4. The van der Waals surface area contributed by atoms with Crippen LogP contribution in [0.15, 0.2) is 24.3 Å². The van der Waals surface area contributed by atoms with E-state index in [1.54, 1.807) is 21.0 Å². The first-order chi connectivity index (χ1) is 11.9. The Kier molecular flexibility index (Phi) is 6.82. The largest absolute Gasteiger partial charge is 0.497 e. The fraction of sp³-hybridized carbons (Fsp3) is 0.579. The molecule has 1 aromatic carbocycles. The van der Waals surface area contributed by atoms with Gasteiger partial charge in [0.2, 0.25) is 11.8 Å². The second-order valence-corrected chi connectivity index (χ2v) is 6.82. The Morgan fingerprint density at radius 2 is 1.88 bits per heavy atom. The molecule has 1 aliphatic rings. The van der Waals surface area contributed by atoms with E-state index < -0.39 is 5.41 Å². The molecule has 138 valence electrons. The number of nitrogens with one attached hydrogen (secondary N) is 2. The van der Waals surface area contributed by atoms with Gasteiger partial charge in [-0.05, 0) is 50.8 Å². The monoisotopic (exact) mass is 348 g/mol. The van der Waals surface area contributed by atoms with E-state index in [2.05, 4.69) is 10.6 Å². The minimum Gasteiger partial charge on any atom is -0.497 e. The number of ether oxygens (including phenoxy) is 2. The zero-order valence-electron chi connectivity index (χ0n) is 15.3. The molecule has 1 atom stereocenters. The lowest BCUT2D eigenvalue weighted by molar-refractivity contribution is -0.141. The molecule has 0 aliphatic carbocycles. The van der Waals surface area contributed by atoms with E-state index in [0.29, 0.717) is 19.5 Å². The highest BCUT2D eigenvalue weighted by Crippen LogP contribution is 2.17. The first kappa shape index (κ1) is 19.2. The highest BCUT2D eigenvalue weighted by Gasteiger charge is 2.36. The van der Waals surface area contributed by atoms with Crippen molar-refractivity contribution in [2.75, 3.05) is 26.8 Å². The fourth-order valence-electron chi connectivity index (χ4n) is 2.67. The number of hydrogen-bond donors (Lipinski definition) is 2. The predicted octanol–water partition coefficient (Wildman–Crippen LogP) is 1.68. The van der Waals surface area contributed by atoms with Crippen LogP contribution in [0.4, 0.5) is 0 Å². The molecule has 1 fully saturated rings. The first-order valence-corrected chi connectivity index (χ1v) is 8.74. The van der Waals surface area contributed by atoms with Crippen LogP contribution >= 0.6 is 0 Å². The summed E-state index contributed by atoms with van der Waals surface area (Å²) in [7, 11) is 1.63. The minimum absolute atomic E-state index is 0.0675. The Morgan fingerprint density at radius 1 is 1.20 bits per heavy atom. The van der Waals surface area contributed by atoms with E-state index in [1.165, 1.54) is 0 Å². The summed E-state index contributed by atoms with van der Waals surface area (Å²) >= 11 is 0. The number of amides is 2. The molecule has 0 saturated carbocycles. The van der Waals surface area contributed by atoms with Crippen molar-refractivity contribution in [2.24, 2.45) is 5.41 Å². The normalized spacial score (nSPS) is 17.2. The number of benzene rings is 1. The van der Waals surface area contributed by atoms with Crippen LogP contribution in [0.5, 0.6) is 5.75 Å². The zero-order valence-corrected chi connectivity index (χ0v) is 15.3. The van der Waals surface area contributed by atoms with E-state index in [0.717, 1.165) is 30.8 Å². The van der Waals surface area contributed by atoms with Gasteiger partial charge in [0.05, 0.1) is 13.2 Å². The summed E-state index contributed by atoms with van der Waals surface area (Å²) in [5.41, 5.74) is -0.0138. The lowest BCUT2D eigenvalue weighted by Gasteiger charge is -2.23. The molecule has 1 saturated heterocycles. The van der Waals surface area contributed by atoms with Crippen LogP contribution in [0, 0.1) is 5.41 Å². The molecule has 25 heavy (non-hydrogen) atoms. The molecule has 1 heterocycles. The second kappa shape index (κ2) is 8.85. The van der Waals surface area contributed by atoms with Crippen LogP contribution in [-0.2, 0) is 20.7 Å². The van der Waals surface area contributed by atoms with Crippen LogP contribution in [0.2, 0.25) is 0 Å². The summed E-state index contributed by atoms with van der Waals surface area (Å²) in [6.07, 6.45) is 2.74. The van der Waals surface area contributed by atoms with Crippen molar-refractivity contribution < 1.29 is 19.1 Å². The average molecular weight is 348 g/mol. The lowest BCUT2D eigenvalue weighted by Crippen LogP contribution is -2.49. The lowest BCUT2D eigenvalue weighted by atomic mass is 9.91. The van der Waals surface area contributed by atoms with Gasteiger partial charge in [0.1, 0.15) is 11.2 Å². The Balaban J connectivity index is 1.75. The topological polar surface area (TPSA) is 76.7 Å². The van der Waals surface area contributed by atoms with Crippen LogP contribution in [0.3, 0.4) is 0 Å². The standard InChI is InChI=1S/C19H28N2O4/c1-19(2,18(23)21-13-16-5-4-12-25-16)17(22)20-11-10-14-6-8-15(24-3)9-7-14/h6-9,16H,4-5,10-13H2,1-3H3,(H,20,22)(H,21,23). The van der Waals surface area contributed by atoms with Crippen molar-refractivity contribution in [1.29, 1.82) is 0 Å². The van der Waals surface area contributed by atoms with E-state index in [9.17, 15) is 9.59 Å². The van der Waals surface area contributed by atoms with Crippen LogP contribution < -0.4 is 15.4 Å². The van der Waals surface area contributed by atoms with Crippen LogP contribution in [0.1, 0.15) is 32.3 Å². The zero-order chi connectivity index (χ0) is 18.3. The number of rotatable bonds is 8. The van der Waals surface area contributed by atoms with Gasteiger partial charge in [-0.25, -0.2) is 0 Å². The smallest absolute Gasteiger partial charge is 0.235 e. The maximum Gasteiger partial charge on any atom is 0.235 e. The molecule has 1 unspecified atom stereocenters. The van der Waals surface area contributed by atoms with Gasteiger partial charge in [-0.1, -0.05) is 12.1 Å². The predicted molar refractivity (Wildman–Crippen MR) is 95.5 cm³/mol. The van der Waals surface area contributed by atoms with Crippen molar-refractivity contribution in [3.63, 3.8) is 0 Å². The van der Waals surface area contributed by atoms with E-state index >= 15 is 0 Å². The van der Waals surface area contributed by atoms with Gasteiger partial charge in [-0.2, -0.15) is 0 Å². The summed E-state index contributed by atoms with van der Waals surface area (Å²) in [6.45, 7) is 4.96. The van der Waals surface area contributed by atoms with Crippen molar-refractivity contribution in [3.8, 4) is 5.75 Å². The third-order valence-electron chi connectivity index (χ3n) is 4.51. The van der Waals surface area contributed by atoms with Gasteiger partial charge >= 0.3 is 0 Å². The molecule has 0 radical (unpaired) electrons. The van der Waals surface area contributed by atoms with Crippen molar-refractivity contribution >= 4 is 11.8 Å². The molecule has 0 spiro atoms. The Bertz CT molecular complexity index is 578. The Labute approximate surface area is 149 Å². The maximum atomic E-state index is 12.4. The summed E-state index contributed by atoms with van der Waals surface area (Å²) in [5.74, 6) is 0.257. The van der Waals surface area contributed by atoms with Gasteiger partial charge in [0, 0.05) is 19.7 Å². The minimum atomic E-state index is -1.11. The van der Waals surface area contributed by atoms with Crippen molar-refractivity contribution in [1.82, 2.24) is 10.6 Å². The van der Waals surface area contributed by atoms with Crippen molar-refractivity contribution in [2.45, 2.75) is 39.2 Å². The highest BCUT2D eigenvalue weighted by molar-refractivity contribution is 6.04. The number of carbonyl (C=O) groups is 2. The molecule has 2 amide bonds. The van der Waals surface area contributed by atoms with Gasteiger partial charge < -0.3 is 20.1 Å². The third-order valence-corrected chi connectivity index (χ3v) is 4.51. The van der Waals surface area contributed by atoms with Crippen LogP contribution in [0.25, 0.3) is 0 Å². The molecule has 6 nitrogen and oxygen atoms in total. The van der Waals surface area contributed by atoms with E-state index in [1.807, 2.05) is 24.3 Å². The quantitative estimate of drug-likeness (QED) is 0.701. The molecule has 1 aromatic rings. The summed E-state index contributed by atoms with van der Waals surface area (Å²) in [6, 6.07) is 7.70. The van der Waals surface area contributed by atoms with Gasteiger partial charge in [0.25, 0.3) is 0 Å². The Morgan fingerprint density at radius 3 is 2.48 bits per heavy atom. The summed E-state index contributed by atoms with van der Waals surface area (Å²) < 4.78 is 10.6. The molecule has 6 heteroatoms. The van der Waals surface area contributed by atoms with Gasteiger partial charge in [-0.15, -0.1) is 0 Å². The fourth-order valence-corrected chi connectivity index (χ4v) is 2.67. The highest BCUT2D eigenvalue weighted by atomic mass is 16.5. The van der Waals surface area contributed by atoms with Gasteiger partial charge in [-0.3, -0.25) is 9.59 Å². The molecule has 2 rings (SSSR count). The van der Waals surface area contributed by atoms with E-state index in [-0.39, 0.29) is 17.9 Å². The maximum absolute atomic E-state index is 12.4. The molecule has 2 N–H and O–H groups in total. The number of carbonyl (C=O) groups excluding carboxylic acids is 2. The summed E-state index contributed by atoms with van der Waals surface area (Å²) in [4.78, 5) is 24.7. The SMILES string of the molecule is COc1ccc(CCNC(=O)C(C)(C)C(=O)NCC2CCCO2)cc1. The third kappa shape index (κ3) is 5.46.